The van der Waals surface area contributed by atoms with Gasteiger partial charge in [-0.05, 0) is 53.6 Å². The predicted molar refractivity (Wildman–Crippen MR) is 130 cm³/mol. The summed E-state index contributed by atoms with van der Waals surface area (Å²) in [7, 11) is 0. The van der Waals surface area contributed by atoms with Crippen LogP contribution in [0.25, 0.3) is 0 Å². The number of rotatable bonds is 10. The summed E-state index contributed by atoms with van der Waals surface area (Å²) in [5, 5.41) is 25.7. The molecule has 0 aliphatic heterocycles. The quantitative estimate of drug-likeness (QED) is 0.199. The number of nitrogens with two attached hydrogens (primary N) is 1. The Morgan fingerprint density at radius 1 is 0.970 bits per heavy atom. The van der Waals surface area contributed by atoms with Crippen molar-refractivity contribution in [2.24, 2.45) is 5.73 Å². The molecule has 3 aromatic carbocycles. The van der Waals surface area contributed by atoms with E-state index in [9.17, 15) is 9.59 Å². The lowest BCUT2D eigenvalue weighted by molar-refractivity contribution is -0.136. The maximum atomic E-state index is 12.9. The Bertz CT molecular complexity index is 1170. The topological polar surface area (TPSA) is 140 Å². The molecular weight excluding hydrogens is 442 g/mol. The van der Waals surface area contributed by atoms with Gasteiger partial charge in [0, 0.05) is 35.1 Å². The highest BCUT2D eigenvalue weighted by Gasteiger charge is 2.14. The number of carbonyl (C=O) groups is 2. The van der Waals surface area contributed by atoms with Crippen molar-refractivity contribution in [2.75, 3.05) is 17.2 Å². The van der Waals surface area contributed by atoms with Crippen molar-refractivity contribution in [1.82, 2.24) is 5.32 Å². The van der Waals surface area contributed by atoms with Crippen molar-refractivity contribution in [3.63, 3.8) is 0 Å². The number of anilines is 2. The average molecular weight is 466 g/mol. The normalized spacial score (nSPS) is 10.5. The van der Waals surface area contributed by atoms with Gasteiger partial charge in [-0.3, -0.25) is 15.0 Å². The fourth-order valence-electron chi connectivity index (χ4n) is 3.19. The van der Waals surface area contributed by atoms with Gasteiger partial charge in [0.15, 0.2) is 0 Å². The molecule has 170 valence electrons. The van der Waals surface area contributed by atoms with Crippen LogP contribution in [-0.4, -0.2) is 29.4 Å². The van der Waals surface area contributed by atoms with Gasteiger partial charge >= 0.3 is 5.97 Å². The lowest BCUT2D eigenvalue weighted by Crippen LogP contribution is -2.22. The first kappa shape index (κ1) is 23.8. The number of hydrogen-bond donors (Lipinski definition) is 6. The molecule has 0 aliphatic carbocycles. The zero-order valence-corrected chi connectivity index (χ0v) is 18.4. The number of nitrogen functional groups attached to an aromatic ring is 1. The van der Waals surface area contributed by atoms with Crippen LogP contribution in [0.1, 0.15) is 27.0 Å². The number of benzene rings is 3. The summed E-state index contributed by atoms with van der Waals surface area (Å²) in [5.74, 6) is -1.31. The van der Waals surface area contributed by atoms with Gasteiger partial charge in [0.05, 0.1) is 12.1 Å². The average Bonchev–Trinajstić information content (AvgIpc) is 2.79. The van der Waals surface area contributed by atoms with E-state index in [1.165, 1.54) is 0 Å². The fourth-order valence-corrected chi connectivity index (χ4v) is 3.36. The molecule has 3 aromatic rings. The Labute approximate surface area is 196 Å². The Kier molecular flexibility index (Phi) is 8.01. The number of hydrogen-bond acceptors (Lipinski definition) is 5. The number of aliphatic carboxylic acids is 1. The number of carboxylic acid groups (broad SMARTS) is 1. The van der Waals surface area contributed by atoms with Crippen LogP contribution < -0.4 is 21.7 Å². The maximum absolute atomic E-state index is 12.9. The number of carboxylic acids is 1. The molecule has 3 rings (SSSR count). The van der Waals surface area contributed by atoms with Gasteiger partial charge in [-0.25, -0.2) is 0 Å². The van der Waals surface area contributed by atoms with Gasteiger partial charge in [0.2, 0.25) is 0 Å². The van der Waals surface area contributed by atoms with Crippen LogP contribution in [0.2, 0.25) is 5.02 Å². The molecule has 0 bridgehead atoms. The molecule has 0 fully saturated rings. The highest BCUT2D eigenvalue weighted by atomic mass is 35.5. The summed E-state index contributed by atoms with van der Waals surface area (Å²) in [4.78, 5) is 23.7. The zero-order valence-electron chi connectivity index (χ0n) is 17.7. The molecule has 0 atom stereocenters. The number of nitrogens with one attached hydrogen (secondary N) is 4. The van der Waals surface area contributed by atoms with E-state index in [1.54, 1.807) is 42.5 Å². The molecule has 0 aromatic heterocycles. The molecule has 0 saturated heterocycles. The van der Waals surface area contributed by atoms with E-state index in [0.29, 0.717) is 40.6 Å². The highest BCUT2D eigenvalue weighted by molar-refractivity contribution is 6.31. The Balaban J connectivity index is 1.73. The number of amidine groups is 1. The van der Waals surface area contributed by atoms with E-state index < -0.39 is 5.97 Å². The summed E-state index contributed by atoms with van der Waals surface area (Å²) < 4.78 is 0. The predicted octanol–water partition coefficient (Wildman–Crippen LogP) is 3.66. The van der Waals surface area contributed by atoms with Crippen molar-refractivity contribution < 1.29 is 14.7 Å². The summed E-state index contributed by atoms with van der Waals surface area (Å²) in [6.45, 7) is 0.713. The van der Waals surface area contributed by atoms with Crippen LogP contribution >= 0.6 is 11.6 Å². The highest BCUT2D eigenvalue weighted by Crippen LogP contribution is 2.23. The van der Waals surface area contributed by atoms with Crippen LogP contribution in [0, 0.1) is 5.41 Å². The first-order valence-corrected chi connectivity index (χ1v) is 10.5. The minimum Gasteiger partial charge on any atom is -0.480 e. The van der Waals surface area contributed by atoms with E-state index in [1.807, 2.05) is 24.3 Å². The van der Waals surface area contributed by atoms with Crippen molar-refractivity contribution in [1.29, 1.82) is 5.41 Å². The third-order valence-corrected chi connectivity index (χ3v) is 5.09. The smallest absolute Gasteiger partial charge is 0.317 e. The SMILES string of the molecule is N=C(N)c1ccc(NC(=O)c2cc(Cl)ccc2NCc2ccccc2CNCC(=O)O)cc1. The lowest BCUT2D eigenvalue weighted by Gasteiger charge is -2.15. The Morgan fingerprint density at radius 2 is 1.64 bits per heavy atom. The van der Waals surface area contributed by atoms with Gasteiger partial charge in [-0.1, -0.05) is 35.9 Å². The Morgan fingerprint density at radius 3 is 2.27 bits per heavy atom. The molecule has 1 amide bonds. The second-order valence-electron chi connectivity index (χ2n) is 7.25. The number of carbonyl (C=O) groups excluding carboxylic acids is 1. The van der Waals surface area contributed by atoms with Crippen LogP contribution in [0.15, 0.2) is 66.7 Å². The summed E-state index contributed by atoms with van der Waals surface area (Å²) >= 11 is 6.14. The second-order valence-corrected chi connectivity index (χ2v) is 7.69. The second kappa shape index (κ2) is 11.1. The van der Waals surface area contributed by atoms with E-state index in [0.717, 1.165) is 11.1 Å². The van der Waals surface area contributed by atoms with Gasteiger partial charge in [-0.15, -0.1) is 0 Å². The molecular formula is C24H24ClN5O3. The van der Waals surface area contributed by atoms with Crippen LogP contribution in [0.5, 0.6) is 0 Å². The van der Waals surface area contributed by atoms with E-state index >= 15 is 0 Å². The molecule has 0 unspecified atom stereocenters. The maximum Gasteiger partial charge on any atom is 0.317 e. The van der Waals surface area contributed by atoms with Crippen molar-refractivity contribution in [3.8, 4) is 0 Å². The molecule has 0 aliphatic rings. The lowest BCUT2D eigenvalue weighted by atomic mass is 10.1. The largest absolute Gasteiger partial charge is 0.480 e. The molecule has 0 heterocycles. The van der Waals surface area contributed by atoms with E-state index in [4.69, 9.17) is 27.9 Å². The fraction of sp³-hybridized carbons (Fsp3) is 0.125. The Hall–Kier alpha value is -3.88. The van der Waals surface area contributed by atoms with Gasteiger partial charge in [-0.2, -0.15) is 0 Å². The monoisotopic (exact) mass is 465 g/mol. The van der Waals surface area contributed by atoms with Crippen molar-refractivity contribution in [3.05, 3.63) is 94.0 Å². The van der Waals surface area contributed by atoms with Crippen molar-refractivity contribution in [2.45, 2.75) is 13.1 Å². The van der Waals surface area contributed by atoms with Gasteiger partial charge in [0.25, 0.3) is 5.91 Å². The number of halogens is 1. The number of amides is 1. The summed E-state index contributed by atoms with van der Waals surface area (Å²) in [6, 6.07) is 19.3. The van der Waals surface area contributed by atoms with Crippen LogP contribution in [-0.2, 0) is 17.9 Å². The van der Waals surface area contributed by atoms with E-state index in [2.05, 4.69) is 16.0 Å². The molecule has 0 saturated carbocycles. The zero-order chi connectivity index (χ0) is 23.8. The third kappa shape index (κ3) is 6.80. The van der Waals surface area contributed by atoms with Crippen molar-refractivity contribution >= 4 is 40.7 Å². The summed E-state index contributed by atoms with van der Waals surface area (Å²) in [5.41, 5.74) is 9.49. The standard InChI is InChI=1S/C24H24ClN5O3/c25-18-7-10-21(29-13-17-4-2-1-3-16(17)12-28-14-22(31)32)20(11-18)24(33)30-19-8-5-15(6-9-19)23(26)27/h1-11,28-29H,12-14H2,(H3,26,27)(H,30,33)(H,31,32). The third-order valence-electron chi connectivity index (χ3n) is 4.86. The molecule has 0 spiro atoms. The van der Waals surface area contributed by atoms with Crippen LogP contribution in [0.3, 0.4) is 0 Å². The molecule has 33 heavy (non-hydrogen) atoms. The summed E-state index contributed by atoms with van der Waals surface area (Å²) in [6.07, 6.45) is 0. The first-order valence-electron chi connectivity index (χ1n) is 10.1. The first-order chi connectivity index (χ1) is 15.8. The minimum absolute atomic E-state index is 0.0485. The van der Waals surface area contributed by atoms with Gasteiger partial charge in [0.1, 0.15) is 5.84 Å². The molecule has 0 radical (unpaired) electrons. The molecule has 9 heteroatoms. The van der Waals surface area contributed by atoms with E-state index in [-0.39, 0.29) is 18.3 Å². The van der Waals surface area contributed by atoms with Gasteiger partial charge < -0.3 is 26.8 Å². The minimum atomic E-state index is -0.918. The van der Waals surface area contributed by atoms with Crippen LogP contribution in [0.4, 0.5) is 11.4 Å². The molecule has 8 nitrogen and oxygen atoms in total. The molecule has 7 N–H and O–H groups in total.